The highest BCUT2D eigenvalue weighted by atomic mass is 16.3. The minimum Gasteiger partial charge on any atom is -0.456 e. The van der Waals surface area contributed by atoms with Crippen LogP contribution in [0, 0.1) is 0 Å². The summed E-state index contributed by atoms with van der Waals surface area (Å²) in [5.41, 5.74) is 13.8. The van der Waals surface area contributed by atoms with Crippen LogP contribution >= 0.6 is 0 Å². The summed E-state index contributed by atoms with van der Waals surface area (Å²) in [6, 6.07) is 62.9. The maximum absolute atomic E-state index is 6.25. The lowest BCUT2D eigenvalue weighted by Crippen LogP contribution is -2.19. The van der Waals surface area contributed by atoms with Crippen LogP contribution in [-0.2, 0) is 5.41 Å². The molecule has 1 aliphatic rings. The molecule has 4 nitrogen and oxygen atoms in total. The van der Waals surface area contributed by atoms with E-state index >= 15 is 0 Å². The first-order valence-corrected chi connectivity index (χ1v) is 19.6. The molecule has 57 heavy (non-hydrogen) atoms. The molecule has 0 aliphatic heterocycles. The first kappa shape index (κ1) is 32.0. The van der Waals surface area contributed by atoms with E-state index in [4.69, 9.17) is 14.4 Å². The van der Waals surface area contributed by atoms with Gasteiger partial charge in [0.25, 0.3) is 0 Å². The van der Waals surface area contributed by atoms with Crippen LogP contribution in [0.4, 0.5) is 0 Å². The van der Waals surface area contributed by atoms with E-state index in [1.54, 1.807) is 0 Å². The summed E-state index contributed by atoms with van der Waals surface area (Å²) in [5, 5.41) is 6.97. The van der Waals surface area contributed by atoms with Crippen LogP contribution in [0.15, 0.2) is 180 Å². The van der Waals surface area contributed by atoms with Gasteiger partial charge in [0.15, 0.2) is 5.82 Å². The first-order chi connectivity index (χ1) is 28.0. The maximum atomic E-state index is 6.25. The maximum Gasteiger partial charge on any atom is 0.162 e. The number of rotatable bonds is 4. The molecule has 0 saturated carbocycles. The second-order valence-electron chi connectivity index (χ2n) is 15.8. The molecule has 0 fully saturated rings. The molecule has 0 unspecified atom stereocenters. The van der Waals surface area contributed by atoms with Crippen molar-refractivity contribution in [2.45, 2.75) is 19.3 Å². The van der Waals surface area contributed by atoms with E-state index in [1.165, 1.54) is 43.8 Å². The minimum atomic E-state index is -0.381. The Bertz CT molecular complexity index is 3420. The molecule has 0 saturated heterocycles. The van der Waals surface area contributed by atoms with E-state index in [0.29, 0.717) is 5.82 Å². The van der Waals surface area contributed by atoms with Crippen LogP contribution in [-0.4, -0.2) is 14.5 Å². The summed E-state index contributed by atoms with van der Waals surface area (Å²) in [5.74, 6) is 1.59. The van der Waals surface area contributed by atoms with E-state index in [2.05, 4.69) is 182 Å². The third-order valence-corrected chi connectivity index (χ3v) is 12.2. The summed E-state index contributed by atoms with van der Waals surface area (Å²) in [4.78, 5) is 11.2. The Hall–Kier alpha value is -7.30. The van der Waals surface area contributed by atoms with Gasteiger partial charge in [-0.2, -0.15) is 0 Å². The molecular formula is C53H35N3O. The molecule has 12 rings (SSSR count). The number of hydrogen-bond donors (Lipinski definition) is 0. The topological polar surface area (TPSA) is 43.9 Å². The second-order valence-corrected chi connectivity index (χ2v) is 15.8. The molecule has 0 amide bonds. The van der Waals surface area contributed by atoms with Gasteiger partial charge >= 0.3 is 0 Å². The number of nitrogens with zero attached hydrogens (tertiary/aromatic N) is 3. The summed E-state index contributed by atoms with van der Waals surface area (Å²) in [6.07, 6.45) is 0. The third kappa shape index (κ3) is 4.74. The Labute approximate surface area is 329 Å². The second kappa shape index (κ2) is 11.8. The van der Waals surface area contributed by atoms with E-state index in [1.807, 2.05) is 12.1 Å². The van der Waals surface area contributed by atoms with Gasteiger partial charge in [-0.25, -0.2) is 9.97 Å². The molecule has 0 radical (unpaired) electrons. The molecular weight excluding hydrogens is 695 g/mol. The quantitative estimate of drug-likeness (QED) is 0.181. The fourth-order valence-corrected chi connectivity index (χ4v) is 9.34. The fourth-order valence-electron chi connectivity index (χ4n) is 9.34. The molecule has 3 aromatic heterocycles. The normalized spacial score (nSPS) is 13.2. The predicted molar refractivity (Wildman–Crippen MR) is 235 cm³/mol. The monoisotopic (exact) mass is 729 g/mol. The lowest BCUT2D eigenvalue weighted by atomic mass is 9.82. The largest absolute Gasteiger partial charge is 0.456 e. The standard InChI is InChI=1S/C53H35N3O/c1-53(2)44-26-24-37(34-22-20-33(21-23-34)32-12-4-3-5-13-32)29-43(44)50-49(53)52(55-51(54-50)38-25-27-48-42(30-38)40-17-9-11-19-47(40)57-48)56-45-18-10-8-16-39(45)41-28-35-14-6-7-15-36(35)31-46(41)56/h3-31H,1-2H3. The van der Waals surface area contributed by atoms with Crippen molar-refractivity contribution in [1.82, 2.24) is 14.5 Å². The van der Waals surface area contributed by atoms with E-state index in [9.17, 15) is 0 Å². The summed E-state index contributed by atoms with van der Waals surface area (Å²) in [7, 11) is 0. The van der Waals surface area contributed by atoms with Crippen molar-refractivity contribution in [3.8, 4) is 50.7 Å². The van der Waals surface area contributed by atoms with Crippen LogP contribution in [0.2, 0.25) is 0 Å². The van der Waals surface area contributed by atoms with Gasteiger partial charge in [-0.05, 0) is 87.1 Å². The van der Waals surface area contributed by atoms with Gasteiger partial charge in [-0.15, -0.1) is 0 Å². The number of hydrogen-bond acceptors (Lipinski definition) is 3. The van der Waals surface area contributed by atoms with Crippen molar-refractivity contribution in [3.63, 3.8) is 0 Å². The molecule has 4 heteroatoms. The highest BCUT2D eigenvalue weighted by Crippen LogP contribution is 2.52. The lowest BCUT2D eigenvalue weighted by molar-refractivity contribution is 0.650. The zero-order valence-electron chi connectivity index (χ0n) is 31.5. The van der Waals surface area contributed by atoms with Gasteiger partial charge < -0.3 is 4.42 Å². The van der Waals surface area contributed by atoms with Gasteiger partial charge in [0.1, 0.15) is 17.0 Å². The smallest absolute Gasteiger partial charge is 0.162 e. The van der Waals surface area contributed by atoms with Crippen molar-refractivity contribution < 1.29 is 4.42 Å². The average molecular weight is 730 g/mol. The summed E-state index contributed by atoms with van der Waals surface area (Å²) >= 11 is 0. The Kier molecular flexibility index (Phi) is 6.65. The van der Waals surface area contributed by atoms with Crippen molar-refractivity contribution in [3.05, 3.63) is 187 Å². The van der Waals surface area contributed by atoms with Gasteiger partial charge in [0.05, 0.1) is 16.7 Å². The molecule has 0 N–H and O–H groups in total. The minimum absolute atomic E-state index is 0.381. The zero-order chi connectivity index (χ0) is 37.8. The Morgan fingerprint density at radius 2 is 1.09 bits per heavy atom. The van der Waals surface area contributed by atoms with Gasteiger partial charge in [0.2, 0.25) is 0 Å². The Balaban J connectivity index is 1.13. The fraction of sp³-hybridized carbons (Fsp3) is 0.0566. The average Bonchev–Trinajstić information content (AvgIpc) is 3.87. The van der Waals surface area contributed by atoms with Crippen molar-refractivity contribution in [2.24, 2.45) is 0 Å². The Morgan fingerprint density at radius 3 is 1.91 bits per heavy atom. The molecule has 8 aromatic carbocycles. The molecule has 268 valence electrons. The van der Waals surface area contributed by atoms with Crippen LogP contribution in [0.3, 0.4) is 0 Å². The molecule has 1 aliphatic carbocycles. The van der Waals surface area contributed by atoms with Crippen molar-refractivity contribution >= 4 is 54.5 Å². The van der Waals surface area contributed by atoms with Crippen LogP contribution < -0.4 is 0 Å². The third-order valence-electron chi connectivity index (χ3n) is 12.2. The van der Waals surface area contributed by atoms with Crippen molar-refractivity contribution in [2.75, 3.05) is 0 Å². The van der Waals surface area contributed by atoms with E-state index in [0.717, 1.165) is 66.7 Å². The van der Waals surface area contributed by atoms with E-state index in [-0.39, 0.29) is 5.41 Å². The highest BCUT2D eigenvalue weighted by Gasteiger charge is 2.41. The number of furan rings is 1. The lowest BCUT2D eigenvalue weighted by Gasteiger charge is -2.24. The highest BCUT2D eigenvalue weighted by molar-refractivity contribution is 6.14. The SMILES string of the molecule is CC1(C)c2ccc(-c3ccc(-c4ccccc4)cc3)cc2-c2nc(-c3ccc4oc5ccccc5c4c3)nc(-n3c4ccccc4c4cc5ccccc5cc43)c21. The first-order valence-electron chi connectivity index (χ1n) is 19.6. The van der Waals surface area contributed by atoms with Gasteiger partial charge in [0, 0.05) is 43.7 Å². The summed E-state index contributed by atoms with van der Waals surface area (Å²) < 4.78 is 8.64. The number of fused-ring (bicyclic) bond motifs is 10. The number of benzene rings is 8. The van der Waals surface area contributed by atoms with Gasteiger partial charge in [-0.1, -0.05) is 141 Å². The van der Waals surface area contributed by atoms with Crippen LogP contribution in [0.25, 0.3) is 105 Å². The molecule has 0 atom stereocenters. The van der Waals surface area contributed by atoms with Crippen molar-refractivity contribution in [1.29, 1.82) is 0 Å². The van der Waals surface area contributed by atoms with Crippen LogP contribution in [0.1, 0.15) is 25.0 Å². The molecule has 11 aromatic rings. The number of para-hydroxylation sites is 2. The summed E-state index contributed by atoms with van der Waals surface area (Å²) in [6.45, 7) is 4.65. The Morgan fingerprint density at radius 1 is 0.456 bits per heavy atom. The van der Waals surface area contributed by atoms with Crippen LogP contribution in [0.5, 0.6) is 0 Å². The zero-order valence-corrected chi connectivity index (χ0v) is 31.5. The molecule has 3 heterocycles. The number of aromatic nitrogens is 3. The van der Waals surface area contributed by atoms with Gasteiger partial charge in [-0.3, -0.25) is 4.57 Å². The van der Waals surface area contributed by atoms with E-state index < -0.39 is 0 Å². The molecule has 0 bridgehead atoms. The predicted octanol–water partition coefficient (Wildman–Crippen LogP) is 13.9. The molecule has 0 spiro atoms.